The molecule has 5 heteroatoms. The number of fused-ring (bicyclic) bond motifs is 1. The Balaban J connectivity index is 1.86. The second-order valence-electron chi connectivity index (χ2n) is 5.10. The third-order valence-corrected chi connectivity index (χ3v) is 3.58. The highest BCUT2D eigenvalue weighted by Gasteiger charge is 2.27. The number of halogens is 1. The smallest absolute Gasteiger partial charge is 0.135 e. The molecule has 1 unspecified atom stereocenters. The van der Waals surface area contributed by atoms with Crippen LogP contribution in [0.2, 0.25) is 0 Å². The molecule has 1 aliphatic rings. The van der Waals surface area contributed by atoms with Crippen LogP contribution in [-0.4, -0.2) is 42.7 Å². The molecule has 0 bridgehead atoms. The van der Waals surface area contributed by atoms with E-state index in [1.165, 1.54) is 12.1 Å². The average Bonchev–Trinajstić information content (AvgIpc) is 2.80. The van der Waals surface area contributed by atoms with Crippen molar-refractivity contribution in [1.29, 1.82) is 0 Å². The van der Waals surface area contributed by atoms with E-state index in [0.29, 0.717) is 16.7 Å². The molecule has 2 atom stereocenters. The Morgan fingerprint density at radius 2 is 2.32 bits per heavy atom. The molecule has 0 spiro atoms. The molecule has 1 fully saturated rings. The molecule has 0 aliphatic carbocycles. The average molecular weight is 264 g/mol. The number of hydrogen-bond donors (Lipinski definition) is 2. The minimum atomic E-state index is -0.724. The number of rotatable bonds is 2. The van der Waals surface area contributed by atoms with Gasteiger partial charge >= 0.3 is 0 Å². The van der Waals surface area contributed by atoms with Gasteiger partial charge in [0.15, 0.2) is 0 Å². The molecular formula is C14H17FN2O2. The molecule has 1 aliphatic heterocycles. The highest BCUT2D eigenvalue weighted by atomic mass is 19.1. The van der Waals surface area contributed by atoms with Gasteiger partial charge in [0.25, 0.3) is 0 Å². The second kappa shape index (κ2) is 4.92. The molecule has 19 heavy (non-hydrogen) atoms. The Hall–Kier alpha value is -1.43. The number of likely N-dealkylation sites (N-methyl/N-ethyl adjacent to an activating group) is 1. The summed E-state index contributed by atoms with van der Waals surface area (Å²) >= 11 is 0. The number of piperazine rings is 1. The van der Waals surface area contributed by atoms with Crippen LogP contribution in [0, 0.1) is 5.82 Å². The van der Waals surface area contributed by atoms with Gasteiger partial charge in [-0.2, -0.15) is 0 Å². The Bertz CT molecular complexity index is 584. The lowest BCUT2D eigenvalue weighted by molar-refractivity contribution is 0.0732. The number of aliphatic hydroxyl groups excluding tert-OH is 1. The zero-order valence-corrected chi connectivity index (χ0v) is 10.8. The monoisotopic (exact) mass is 264 g/mol. The first kappa shape index (κ1) is 12.6. The van der Waals surface area contributed by atoms with Crippen LogP contribution in [0.15, 0.2) is 28.7 Å². The molecule has 102 valence electrons. The zero-order valence-electron chi connectivity index (χ0n) is 10.8. The van der Waals surface area contributed by atoms with Gasteiger partial charge in [-0.05, 0) is 31.3 Å². The minimum Gasteiger partial charge on any atom is -0.458 e. The van der Waals surface area contributed by atoms with Crippen LogP contribution in [0.3, 0.4) is 0 Å². The lowest BCUT2D eigenvalue weighted by Gasteiger charge is -2.33. The largest absolute Gasteiger partial charge is 0.458 e. The van der Waals surface area contributed by atoms with E-state index in [1.807, 2.05) is 7.05 Å². The quantitative estimate of drug-likeness (QED) is 0.863. The van der Waals surface area contributed by atoms with Gasteiger partial charge in [0.2, 0.25) is 0 Å². The van der Waals surface area contributed by atoms with Crippen molar-refractivity contribution in [2.24, 2.45) is 0 Å². The number of nitrogens with one attached hydrogen (secondary N) is 1. The number of furan rings is 1. The van der Waals surface area contributed by atoms with Crippen LogP contribution in [0.1, 0.15) is 11.9 Å². The van der Waals surface area contributed by atoms with Gasteiger partial charge in [-0.3, -0.25) is 0 Å². The maximum Gasteiger partial charge on any atom is 0.135 e. The summed E-state index contributed by atoms with van der Waals surface area (Å²) in [5.74, 6) is 0.179. The fourth-order valence-electron chi connectivity index (χ4n) is 2.52. The van der Waals surface area contributed by atoms with Crippen molar-refractivity contribution >= 4 is 11.0 Å². The number of nitrogens with zero attached hydrogens (tertiary/aromatic N) is 1. The van der Waals surface area contributed by atoms with E-state index in [9.17, 15) is 9.50 Å². The van der Waals surface area contributed by atoms with Gasteiger partial charge in [-0.1, -0.05) is 0 Å². The summed E-state index contributed by atoms with van der Waals surface area (Å²) in [6, 6.07) is 5.99. The van der Waals surface area contributed by atoms with Crippen molar-refractivity contribution in [3.05, 3.63) is 35.8 Å². The van der Waals surface area contributed by atoms with Gasteiger partial charge < -0.3 is 19.7 Å². The summed E-state index contributed by atoms with van der Waals surface area (Å²) in [4.78, 5) is 2.16. The van der Waals surface area contributed by atoms with Crippen LogP contribution in [0.5, 0.6) is 0 Å². The Kier molecular flexibility index (Phi) is 3.26. The van der Waals surface area contributed by atoms with Crippen molar-refractivity contribution in [1.82, 2.24) is 10.2 Å². The lowest BCUT2D eigenvalue weighted by atomic mass is 10.1. The van der Waals surface area contributed by atoms with E-state index < -0.39 is 6.10 Å². The molecule has 2 heterocycles. The number of hydrogen-bond acceptors (Lipinski definition) is 4. The fraction of sp³-hybridized carbons (Fsp3) is 0.429. The highest BCUT2D eigenvalue weighted by Crippen LogP contribution is 2.27. The van der Waals surface area contributed by atoms with E-state index >= 15 is 0 Å². The van der Waals surface area contributed by atoms with Crippen LogP contribution in [-0.2, 0) is 0 Å². The van der Waals surface area contributed by atoms with Gasteiger partial charge in [-0.15, -0.1) is 0 Å². The maximum absolute atomic E-state index is 13.1. The fourth-order valence-corrected chi connectivity index (χ4v) is 2.52. The van der Waals surface area contributed by atoms with Gasteiger partial charge in [0, 0.05) is 25.0 Å². The summed E-state index contributed by atoms with van der Waals surface area (Å²) in [6.07, 6.45) is -0.724. The summed E-state index contributed by atoms with van der Waals surface area (Å²) < 4.78 is 18.7. The van der Waals surface area contributed by atoms with Gasteiger partial charge in [-0.25, -0.2) is 4.39 Å². The topological polar surface area (TPSA) is 48.6 Å². The van der Waals surface area contributed by atoms with Gasteiger partial charge in [0.1, 0.15) is 23.3 Å². The lowest BCUT2D eigenvalue weighted by Crippen LogP contribution is -2.51. The first-order valence-corrected chi connectivity index (χ1v) is 6.42. The summed E-state index contributed by atoms with van der Waals surface area (Å²) in [5, 5.41) is 14.3. The molecule has 1 aromatic heterocycles. The molecule has 0 amide bonds. The van der Waals surface area contributed by atoms with E-state index in [4.69, 9.17) is 4.42 Å². The van der Waals surface area contributed by atoms with Crippen molar-refractivity contribution in [2.45, 2.75) is 12.1 Å². The summed E-state index contributed by atoms with van der Waals surface area (Å²) in [6.45, 7) is 2.56. The van der Waals surface area contributed by atoms with Crippen LogP contribution in [0.25, 0.3) is 11.0 Å². The second-order valence-corrected chi connectivity index (χ2v) is 5.10. The summed E-state index contributed by atoms with van der Waals surface area (Å²) in [7, 11) is 2.02. The predicted molar refractivity (Wildman–Crippen MR) is 70.4 cm³/mol. The first-order valence-electron chi connectivity index (χ1n) is 6.42. The van der Waals surface area contributed by atoms with Crippen LogP contribution < -0.4 is 5.32 Å². The number of aliphatic hydroxyl groups is 1. The van der Waals surface area contributed by atoms with Crippen LogP contribution >= 0.6 is 0 Å². The van der Waals surface area contributed by atoms with E-state index in [0.717, 1.165) is 19.6 Å². The summed E-state index contributed by atoms with van der Waals surface area (Å²) in [5.41, 5.74) is 0.597. The number of benzene rings is 1. The molecule has 2 N–H and O–H groups in total. The Morgan fingerprint density at radius 3 is 3.11 bits per heavy atom. The zero-order chi connectivity index (χ0) is 13.4. The third kappa shape index (κ3) is 2.49. The molecule has 3 rings (SSSR count). The van der Waals surface area contributed by atoms with E-state index in [1.54, 1.807) is 12.1 Å². The molecule has 0 saturated carbocycles. The van der Waals surface area contributed by atoms with Crippen molar-refractivity contribution in [3.8, 4) is 0 Å². The Morgan fingerprint density at radius 1 is 1.47 bits per heavy atom. The predicted octanol–water partition coefficient (Wildman–Crippen LogP) is 1.51. The molecule has 0 radical (unpaired) electrons. The highest BCUT2D eigenvalue weighted by molar-refractivity contribution is 5.78. The van der Waals surface area contributed by atoms with Crippen molar-refractivity contribution in [3.63, 3.8) is 0 Å². The van der Waals surface area contributed by atoms with E-state index in [2.05, 4.69) is 10.2 Å². The molecule has 1 aromatic carbocycles. The first-order chi connectivity index (χ1) is 9.13. The van der Waals surface area contributed by atoms with Crippen molar-refractivity contribution in [2.75, 3.05) is 26.7 Å². The molecule has 2 aromatic rings. The third-order valence-electron chi connectivity index (χ3n) is 3.58. The normalized spacial score (nSPS) is 22.8. The SMILES string of the molecule is CN1CCN[C@@H](C(O)c2cc3cc(F)ccc3o2)C1. The standard InChI is InChI=1S/C14H17FN2O2/c1-17-5-4-16-11(8-17)14(18)13-7-9-6-10(15)2-3-12(9)19-13/h2-3,6-7,11,14,16,18H,4-5,8H2,1H3/t11-,14?/m1/s1. The Labute approximate surface area is 110 Å². The molecule has 4 nitrogen and oxygen atoms in total. The van der Waals surface area contributed by atoms with Crippen molar-refractivity contribution < 1.29 is 13.9 Å². The minimum absolute atomic E-state index is 0.0656. The molecule has 1 saturated heterocycles. The van der Waals surface area contributed by atoms with Gasteiger partial charge in [0.05, 0.1) is 6.04 Å². The molecular weight excluding hydrogens is 247 g/mol. The van der Waals surface area contributed by atoms with Crippen LogP contribution in [0.4, 0.5) is 4.39 Å². The van der Waals surface area contributed by atoms with E-state index in [-0.39, 0.29) is 11.9 Å². The maximum atomic E-state index is 13.1.